The molecule has 0 spiro atoms. The van der Waals surface area contributed by atoms with Crippen LogP contribution in [0.4, 0.5) is 5.69 Å². The lowest BCUT2D eigenvalue weighted by Crippen LogP contribution is -2.16. The van der Waals surface area contributed by atoms with E-state index in [0.29, 0.717) is 5.69 Å². The summed E-state index contributed by atoms with van der Waals surface area (Å²) in [6.07, 6.45) is 3.17. The summed E-state index contributed by atoms with van der Waals surface area (Å²) in [5.74, 6) is -0.137. The lowest BCUT2D eigenvalue weighted by atomic mass is 10.1. The first-order valence-corrected chi connectivity index (χ1v) is 5.43. The van der Waals surface area contributed by atoms with Crippen molar-refractivity contribution in [2.24, 2.45) is 7.05 Å². The Labute approximate surface area is 100 Å². The molecule has 17 heavy (non-hydrogen) atoms. The number of nitrogens with one attached hydrogen (secondary N) is 1. The number of anilines is 1. The largest absolute Gasteiger partial charge is 0.330 e. The topological polar surface area (TPSA) is 46.9 Å². The molecule has 0 unspecified atom stereocenters. The molecule has 0 atom stereocenters. The summed E-state index contributed by atoms with van der Waals surface area (Å²) in [4.78, 5) is 16.0. The summed E-state index contributed by atoms with van der Waals surface area (Å²) < 4.78 is 1.70. The highest BCUT2D eigenvalue weighted by Crippen LogP contribution is 2.20. The Kier molecular flexibility index (Phi) is 2.95. The molecule has 1 heterocycles. The molecular formula is C13H15N3O. The van der Waals surface area contributed by atoms with Crippen molar-refractivity contribution in [3.05, 3.63) is 47.5 Å². The summed E-state index contributed by atoms with van der Waals surface area (Å²) in [6, 6.07) is 5.93. The molecule has 1 aromatic carbocycles. The first-order chi connectivity index (χ1) is 8.09. The Morgan fingerprint density at radius 2 is 1.94 bits per heavy atom. The molecule has 0 fully saturated rings. The van der Waals surface area contributed by atoms with E-state index in [-0.39, 0.29) is 5.91 Å². The van der Waals surface area contributed by atoms with Crippen LogP contribution in [0.3, 0.4) is 0 Å². The third kappa shape index (κ3) is 2.20. The molecule has 88 valence electrons. The van der Waals surface area contributed by atoms with Crippen LogP contribution >= 0.6 is 0 Å². The van der Waals surface area contributed by atoms with E-state index in [1.807, 2.05) is 32.0 Å². The van der Waals surface area contributed by atoms with Gasteiger partial charge in [0.15, 0.2) is 0 Å². The molecule has 2 rings (SSSR count). The van der Waals surface area contributed by atoms with E-state index in [9.17, 15) is 4.79 Å². The van der Waals surface area contributed by atoms with Gasteiger partial charge < -0.3 is 9.88 Å². The van der Waals surface area contributed by atoms with Gasteiger partial charge in [-0.25, -0.2) is 4.98 Å². The fourth-order valence-corrected chi connectivity index (χ4v) is 1.77. The van der Waals surface area contributed by atoms with Crippen molar-refractivity contribution in [2.45, 2.75) is 13.8 Å². The van der Waals surface area contributed by atoms with E-state index in [4.69, 9.17) is 0 Å². The van der Waals surface area contributed by atoms with Crippen LogP contribution in [-0.2, 0) is 7.05 Å². The smallest absolute Gasteiger partial charge is 0.273 e. The van der Waals surface area contributed by atoms with Crippen molar-refractivity contribution in [3.63, 3.8) is 0 Å². The molecule has 1 amide bonds. The Morgan fingerprint density at radius 3 is 2.47 bits per heavy atom. The van der Waals surface area contributed by atoms with Crippen LogP contribution in [0.15, 0.2) is 30.7 Å². The van der Waals surface area contributed by atoms with Crippen LogP contribution in [-0.4, -0.2) is 15.5 Å². The standard InChI is InChI=1S/C13H15N3O/c1-9-5-4-6-10(2)12(9)15-13(17)11-7-14-8-16(11)3/h4-8H,1-3H3,(H,15,17). The number of rotatable bonds is 2. The highest BCUT2D eigenvalue weighted by molar-refractivity contribution is 6.03. The van der Waals surface area contributed by atoms with Crippen LogP contribution in [0.1, 0.15) is 21.6 Å². The number of para-hydroxylation sites is 1. The highest BCUT2D eigenvalue weighted by atomic mass is 16.2. The minimum Gasteiger partial charge on any atom is -0.330 e. The molecule has 4 heteroatoms. The molecule has 0 bridgehead atoms. The highest BCUT2D eigenvalue weighted by Gasteiger charge is 2.12. The average Bonchev–Trinajstić information content (AvgIpc) is 2.70. The number of carbonyl (C=O) groups excluding carboxylic acids is 1. The number of hydrogen-bond donors (Lipinski definition) is 1. The van der Waals surface area contributed by atoms with E-state index in [1.54, 1.807) is 24.1 Å². The zero-order valence-electron chi connectivity index (χ0n) is 10.2. The van der Waals surface area contributed by atoms with Gasteiger partial charge in [-0.3, -0.25) is 4.79 Å². The van der Waals surface area contributed by atoms with Crippen LogP contribution in [0.2, 0.25) is 0 Å². The van der Waals surface area contributed by atoms with Crippen LogP contribution in [0.5, 0.6) is 0 Å². The van der Waals surface area contributed by atoms with Gasteiger partial charge in [0.05, 0.1) is 12.5 Å². The maximum atomic E-state index is 12.0. The predicted molar refractivity (Wildman–Crippen MR) is 67.1 cm³/mol. The Hall–Kier alpha value is -2.10. The molecule has 1 N–H and O–H groups in total. The minimum absolute atomic E-state index is 0.137. The van der Waals surface area contributed by atoms with Gasteiger partial charge in [-0.05, 0) is 25.0 Å². The lowest BCUT2D eigenvalue weighted by Gasteiger charge is -2.11. The first-order valence-electron chi connectivity index (χ1n) is 5.43. The second-order valence-electron chi connectivity index (χ2n) is 4.11. The number of amides is 1. The van der Waals surface area contributed by atoms with Crippen LogP contribution < -0.4 is 5.32 Å². The summed E-state index contributed by atoms with van der Waals surface area (Å²) in [6.45, 7) is 3.96. The maximum Gasteiger partial charge on any atom is 0.273 e. The molecular weight excluding hydrogens is 214 g/mol. The monoisotopic (exact) mass is 229 g/mol. The maximum absolute atomic E-state index is 12.0. The zero-order valence-corrected chi connectivity index (χ0v) is 10.2. The number of nitrogens with zero attached hydrogens (tertiary/aromatic N) is 2. The molecule has 1 aromatic heterocycles. The molecule has 4 nitrogen and oxygen atoms in total. The fourth-order valence-electron chi connectivity index (χ4n) is 1.77. The SMILES string of the molecule is Cc1cccc(C)c1NC(=O)c1cncn1C. The van der Waals surface area contributed by atoms with E-state index in [0.717, 1.165) is 16.8 Å². The van der Waals surface area contributed by atoms with Crippen molar-refractivity contribution < 1.29 is 4.79 Å². The molecule has 0 saturated heterocycles. The van der Waals surface area contributed by atoms with Crippen molar-refractivity contribution in [3.8, 4) is 0 Å². The van der Waals surface area contributed by atoms with Crippen molar-refractivity contribution >= 4 is 11.6 Å². The fraction of sp³-hybridized carbons (Fsp3) is 0.231. The molecule has 0 saturated carbocycles. The normalized spacial score (nSPS) is 10.3. The summed E-state index contributed by atoms with van der Waals surface area (Å²) in [7, 11) is 1.80. The summed E-state index contributed by atoms with van der Waals surface area (Å²) >= 11 is 0. The van der Waals surface area contributed by atoms with Crippen molar-refractivity contribution in [1.29, 1.82) is 0 Å². The molecule has 0 aliphatic carbocycles. The van der Waals surface area contributed by atoms with E-state index in [2.05, 4.69) is 10.3 Å². The van der Waals surface area contributed by atoms with E-state index in [1.165, 1.54) is 0 Å². The second-order valence-corrected chi connectivity index (χ2v) is 4.11. The quantitative estimate of drug-likeness (QED) is 0.858. The van der Waals surface area contributed by atoms with Gasteiger partial charge in [0, 0.05) is 12.7 Å². The summed E-state index contributed by atoms with van der Waals surface area (Å²) in [5.41, 5.74) is 3.53. The molecule has 0 radical (unpaired) electrons. The second kappa shape index (κ2) is 4.41. The zero-order chi connectivity index (χ0) is 12.4. The van der Waals surface area contributed by atoms with E-state index >= 15 is 0 Å². The third-order valence-corrected chi connectivity index (χ3v) is 2.77. The van der Waals surface area contributed by atoms with Crippen LogP contribution in [0, 0.1) is 13.8 Å². The van der Waals surface area contributed by atoms with Gasteiger partial charge in [0.2, 0.25) is 0 Å². The van der Waals surface area contributed by atoms with Crippen LogP contribution in [0.25, 0.3) is 0 Å². The van der Waals surface area contributed by atoms with Gasteiger partial charge in [0.1, 0.15) is 5.69 Å². The van der Waals surface area contributed by atoms with Crippen molar-refractivity contribution in [2.75, 3.05) is 5.32 Å². The molecule has 0 aliphatic rings. The third-order valence-electron chi connectivity index (χ3n) is 2.77. The van der Waals surface area contributed by atoms with Gasteiger partial charge in [-0.15, -0.1) is 0 Å². The molecule has 0 aliphatic heterocycles. The van der Waals surface area contributed by atoms with Gasteiger partial charge >= 0.3 is 0 Å². The number of aryl methyl sites for hydroxylation is 3. The number of aromatic nitrogens is 2. The average molecular weight is 229 g/mol. The van der Waals surface area contributed by atoms with Gasteiger partial charge in [-0.1, -0.05) is 18.2 Å². The number of benzene rings is 1. The molecule has 2 aromatic rings. The van der Waals surface area contributed by atoms with E-state index < -0.39 is 0 Å². The minimum atomic E-state index is -0.137. The van der Waals surface area contributed by atoms with Gasteiger partial charge in [-0.2, -0.15) is 0 Å². The van der Waals surface area contributed by atoms with Gasteiger partial charge in [0.25, 0.3) is 5.91 Å². The summed E-state index contributed by atoms with van der Waals surface area (Å²) in [5, 5.41) is 2.92. The number of imidazole rings is 1. The number of carbonyl (C=O) groups is 1. The number of hydrogen-bond acceptors (Lipinski definition) is 2. The Balaban J connectivity index is 2.28. The van der Waals surface area contributed by atoms with Crippen molar-refractivity contribution in [1.82, 2.24) is 9.55 Å². The Morgan fingerprint density at radius 1 is 1.29 bits per heavy atom. The predicted octanol–water partition coefficient (Wildman–Crippen LogP) is 2.29. The Bertz CT molecular complexity index is 537. The first kappa shape index (κ1) is 11.4. The lowest BCUT2D eigenvalue weighted by molar-refractivity contribution is 0.101.